The van der Waals surface area contributed by atoms with Gasteiger partial charge in [-0.15, -0.1) is 0 Å². The van der Waals surface area contributed by atoms with Gasteiger partial charge >= 0.3 is 0 Å². The van der Waals surface area contributed by atoms with Crippen molar-refractivity contribution in [1.82, 2.24) is 0 Å². The average molecular weight is 312 g/mol. The van der Waals surface area contributed by atoms with Crippen LogP contribution in [0.1, 0.15) is 55.8 Å². The smallest absolute Gasteiger partial charge is 0.176 e. The van der Waals surface area contributed by atoms with Crippen molar-refractivity contribution >= 4 is 11.6 Å². The summed E-state index contributed by atoms with van der Waals surface area (Å²) in [6, 6.07) is 7.08. The summed E-state index contributed by atoms with van der Waals surface area (Å²) in [5.74, 6) is 3.35. The van der Waals surface area contributed by atoms with Crippen molar-refractivity contribution < 1.29 is 14.3 Å². The van der Waals surface area contributed by atoms with E-state index in [-0.39, 0.29) is 17.8 Å². The van der Waals surface area contributed by atoms with E-state index in [0.29, 0.717) is 17.1 Å². The summed E-state index contributed by atoms with van der Waals surface area (Å²) in [5.41, 5.74) is 0.582. The van der Waals surface area contributed by atoms with Gasteiger partial charge in [0.05, 0.1) is 0 Å². The molecule has 0 spiro atoms. The summed E-state index contributed by atoms with van der Waals surface area (Å²) >= 11 is 0. The molecule has 0 amide bonds. The van der Waals surface area contributed by atoms with Gasteiger partial charge in [-0.1, -0.05) is 0 Å². The predicted octanol–water partition coefficient (Wildman–Crippen LogP) is 4.05. The Kier molecular flexibility index (Phi) is 3.55. The molecule has 1 aromatic carbocycles. The molecule has 5 rings (SSSR count). The second-order valence-corrected chi connectivity index (χ2v) is 7.99. The summed E-state index contributed by atoms with van der Waals surface area (Å²) in [6.45, 7) is 1.72. The van der Waals surface area contributed by atoms with Crippen LogP contribution in [-0.2, 0) is 4.79 Å². The van der Waals surface area contributed by atoms with Crippen LogP contribution in [-0.4, -0.2) is 18.2 Å². The van der Waals surface area contributed by atoms with Crippen LogP contribution in [0.25, 0.3) is 0 Å². The van der Waals surface area contributed by atoms with Gasteiger partial charge in [-0.2, -0.15) is 0 Å². The summed E-state index contributed by atoms with van der Waals surface area (Å²) in [5, 5.41) is 0. The van der Waals surface area contributed by atoms with Crippen LogP contribution in [0, 0.1) is 23.2 Å². The molecule has 3 nitrogen and oxygen atoms in total. The van der Waals surface area contributed by atoms with Crippen molar-refractivity contribution in [2.24, 2.45) is 23.2 Å². The minimum atomic E-state index is -0.0892. The molecule has 23 heavy (non-hydrogen) atoms. The standard InChI is InChI=1S/C20H24O3/c1-13(21)17-2-4-18(5-3-17)23-12-19(22)20-9-14-6-15(10-20)8-16(7-14)11-20/h2-5,14-16H,6-12H2,1H3. The van der Waals surface area contributed by atoms with Gasteiger partial charge in [0.15, 0.2) is 11.6 Å². The maximum absolute atomic E-state index is 12.9. The van der Waals surface area contributed by atoms with E-state index in [1.165, 1.54) is 19.3 Å². The lowest BCUT2D eigenvalue weighted by Crippen LogP contribution is -2.51. The van der Waals surface area contributed by atoms with Gasteiger partial charge < -0.3 is 4.74 Å². The van der Waals surface area contributed by atoms with E-state index in [4.69, 9.17) is 4.74 Å². The third kappa shape index (κ3) is 2.71. The highest BCUT2D eigenvalue weighted by molar-refractivity contribution is 5.94. The third-order valence-corrected chi connectivity index (χ3v) is 6.26. The molecule has 3 heteroatoms. The fourth-order valence-electron chi connectivity index (χ4n) is 5.54. The molecule has 0 atom stereocenters. The Hall–Kier alpha value is -1.64. The molecule has 122 valence electrons. The Morgan fingerprint density at radius 1 is 1.00 bits per heavy atom. The first-order valence-corrected chi connectivity index (χ1v) is 8.81. The van der Waals surface area contributed by atoms with Gasteiger partial charge in [0, 0.05) is 11.0 Å². The van der Waals surface area contributed by atoms with Gasteiger partial charge in [0.1, 0.15) is 12.4 Å². The number of carbonyl (C=O) groups is 2. The van der Waals surface area contributed by atoms with E-state index in [2.05, 4.69) is 0 Å². The highest BCUT2D eigenvalue weighted by Gasteiger charge is 2.54. The molecular weight excluding hydrogens is 288 g/mol. The topological polar surface area (TPSA) is 43.4 Å². The maximum atomic E-state index is 12.9. The second kappa shape index (κ2) is 5.47. The highest BCUT2D eigenvalue weighted by Crippen LogP contribution is 2.60. The minimum Gasteiger partial charge on any atom is -0.486 e. The SMILES string of the molecule is CC(=O)c1ccc(OCC(=O)C23CC4CC(CC(C4)C2)C3)cc1. The summed E-state index contributed by atoms with van der Waals surface area (Å²) in [4.78, 5) is 24.2. The van der Waals surface area contributed by atoms with Crippen LogP contribution in [0.15, 0.2) is 24.3 Å². The molecule has 0 heterocycles. The fraction of sp³-hybridized carbons (Fsp3) is 0.600. The van der Waals surface area contributed by atoms with Gasteiger partial charge in [-0.3, -0.25) is 9.59 Å². The number of rotatable bonds is 5. The predicted molar refractivity (Wildman–Crippen MR) is 87.6 cm³/mol. The quantitative estimate of drug-likeness (QED) is 0.770. The number of ether oxygens (including phenoxy) is 1. The van der Waals surface area contributed by atoms with Crippen LogP contribution in [0.5, 0.6) is 5.75 Å². The molecule has 4 saturated carbocycles. The monoisotopic (exact) mass is 312 g/mol. The van der Waals surface area contributed by atoms with Crippen LogP contribution in [0.4, 0.5) is 0 Å². The van der Waals surface area contributed by atoms with Gasteiger partial charge in [-0.05, 0) is 87.5 Å². The minimum absolute atomic E-state index is 0.0428. The zero-order valence-electron chi connectivity index (χ0n) is 13.7. The Balaban J connectivity index is 1.41. The zero-order valence-corrected chi connectivity index (χ0v) is 13.7. The average Bonchev–Trinajstić information content (AvgIpc) is 2.51. The zero-order chi connectivity index (χ0) is 16.0. The van der Waals surface area contributed by atoms with Crippen molar-refractivity contribution in [3.8, 4) is 5.75 Å². The van der Waals surface area contributed by atoms with Gasteiger partial charge in [0.25, 0.3) is 0 Å². The first kappa shape index (κ1) is 14.9. The lowest BCUT2D eigenvalue weighted by Gasteiger charge is -2.55. The number of Topliss-reactive ketones (excluding diaryl/α,β-unsaturated/α-hetero) is 2. The molecule has 0 aromatic heterocycles. The number of hydrogen-bond donors (Lipinski definition) is 0. The lowest BCUT2D eigenvalue weighted by molar-refractivity contribution is -0.145. The fourth-order valence-corrected chi connectivity index (χ4v) is 5.54. The molecule has 0 N–H and O–H groups in total. The van der Waals surface area contributed by atoms with Crippen molar-refractivity contribution in [3.63, 3.8) is 0 Å². The molecule has 0 unspecified atom stereocenters. The second-order valence-electron chi connectivity index (χ2n) is 7.99. The summed E-state index contributed by atoms with van der Waals surface area (Å²) in [7, 11) is 0. The largest absolute Gasteiger partial charge is 0.486 e. The highest BCUT2D eigenvalue weighted by atomic mass is 16.5. The van der Waals surface area contributed by atoms with Crippen LogP contribution >= 0.6 is 0 Å². The van der Waals surface area contributed by atoms with Gasteiger partial charge in [-0.25, -0.2) is 0 Å². The molecule has 0 aliphatic heterocycles. The van der Waals surface area contributed by atoms with Crippen molar-refractivity contribution in [1.29, 1.82) is 0 Å². The molecule has 4 aliphatic carbocycles. The molecular formula is C20H24O3. The van der Waals surface area contributed by atoms with E-state index < -0.39 is 0 Å². The van der Waals surface area contributed by atoms with Crippen LogP contribution < -0.4 is 4.74 Å². The lowest BCUT2D eigenvalue weighted by atomic mass is 9.48. The Bertz CT molecular complexity index is 594. The van der Waals surface area contributed by atoms with Crippen LogP contribution in [0.3, 0.4) is 0 Å². The van der Waals surface area contributed by atoms with Crippen LogP contribution in [0.2, 0.25) is 0 Å². The maximum Gasteiger partial charge on any atom is 0.176 e. The Morgan fingerprint density at radius 3 is 2.00 bits per heavy atom. The third-order valence-electron chi connectivity index (χ3n) is 6.26. The number of ketones is 2. The molecule has 4 bridgehead atoms. The summed E-state index contributed by atoms with van der Waals surface area (Å²) < 4.78 is 5.73. The molecule has 4 fully saturated rings. The Morgan fingerprint density at radius 2 is 1.52 bits per heavy atom. The molecule has 1 aromatic rings. The molecule has 4 aliphatic rings. The number of hydrogen-bond acceptors (Lipinski definition) is 3. The number of benzene rings is 1. The van der Waals surface area contributed by atoms with Crippen molar-refractivity contribution in [2.45, 2.75) is 45.4 Å². The first-order valence-electron chi connectivity index (χ1n) is 8.81. The van der Waals surface area contributed by atoms with E-state index >= 15 is 0 Å². The molecule has 0 radical (unpaired) electrons. The van der Waals surface area contributed by atoms with Crippen molar-refractivity contribution in [3.05, 3.63) is 29.8 Å². The number of carbonyl (C=O) groups excluding carboxylic acids is 2. The molecule has 0 saturated heterocycles. The van der Waals surface area contributed by atoms with Crippen molar-refractivity contribution in [2.75, 3.05) is 6.61 Å². The van der Waals surface area contributed by atoms with E-state index in [0.717, 1.165) is 37.0 Å². The first-order chi connectivity index (χ1) is 11.0. The van der Waals surface area contributed by atoms with E-state index in [1.54, 1.807) is 31.2 Å². The Labute approximate surface area is 137 Å². The summed E-state index contributed by atoms with van der Waals surface area (Å²) in [6.07, 6.45) is 7.30. The van der Waals surface area contributed by atoms with Gasteiger partial charge in [0.2, 0.25) is 0 Å². The van der Waals surface area contributed by atoms with E-state index in [1.807, 2.05) is 0 Å². The van der Waals surface area contributed by atoms with E-state index in [9.17, 15) is 9.59 Å². The normalized spacial score (nSPS) is 34.4.